The van der Waals surface area contributed by atoms with Gasteiger partial charge in [0.2, 0.25) is 0 Å². The van der Waals surface area contributed by atoms with Crippen molar-refractivity contribution in [3.63, 3.8) is 0 Å². The standard InChI is InChI=1S/C33H36FN3O4/c1-32(2,3)41-31(38)36-19-28(39-20-23-9-5-4-6-10-23)33(22-36)21-35-30(40-33)37-18-17-24-11-7-8-12-27(24)29(37)25-13-15-26(34)16-14-25/h4-16,28-29H,17-22H2,1-3H3/t28-,29-,33-/m0/s1. The number of rotatable bonds is 4. The molecule has 0 unspecified atom stereocenters. The van der Waals surface area contributed by atoms with Crippen LogP contribution in [0.3, 0.4) is 0 Å². The molecule has 3 aromatic rings. The van der Waals surface area contributed by atoms with Gasteiger partial charge in [-0.3, -0.25) is 0 Å². The number of nitrogens with zero attached hydrogens (tertiary/aromatic N) is 3. The van der Waals surface area contributed by atoms with E-state index < -0.39 is 23.4 Å². The molecule has 0 bridgehead atoms. The van der Waals surface area contributed by atoms with Gasteiger partial charge in [0, 0.05) is 6.54 Å². The number of amidine groups is 1. The number of fused-ring (bicyclic) bond motifs is 1. The van der Waals surface area contributed by atoms with Crippen LogP contribution in [-0.2, 0) is 27.2 Å². The Kier molecular flexibility index (Phi) is 7.20. The molecular formula is C33H36FN3O4. The van der Waals surface area contributed by atoms with Crippen molar-refractivity contribution in [2.24, 2.45) is 4.99 Å². The van der Waals surface area contributed by atoms with Crippen molar-refractivity contribution in [1.29, 1.82) is 0 Å². The summed E-state index contributed by atoms with van der Waals surface area (Å²) in [6.45, 7) is 7.67. The van der Waals surface area contributed by atoms with Gasteiger partial charge < -0.3 is 24.0 Å². The zero-order chi connectivity index (χ0) is 28.6. The summed E-state index contributed by atoms with van der Waals surface area (Å²) in [6, 6.07) is 25.3. The first kappa shape index (κ1) is 27.3. The largest absolute Gasteiger partial charge is 0.452 e. The molecule has 0 aromatic heterocycles. The molecule has 3 aliphatic rings. The van der Waals surface area contributed by atoms with Crippen LogP contribution in [0.5, 0.6) is 0 Å². The first-order valence-electron chi connectivity index (χ1n) is 14.2. The maximum absolute atomic E-state index is 13.9. The average molecular weight is 558 g/mol. The summed E-state index contributed by atoms with van der Waals surface area (Å²) in [5.41, 5.74) is 2.95. The molecule has 6 rings (SSSR count). The second kappa shape index (κ2) is 10.8. The van der Waals surface area contributed by atoms with E-state index in [9.17, 15) is 9.18 Å². The molecule has 7 nitrogen and oxygen atoms in total. The molecule has 41 heavy (non-hydrogen) atoms. The van der Waals surface area contributed by atoms with Crippen LogP contribution in [0.4, 0.5) is 9.18 Å². The van der Waals surface area contributed by atoms with E-state index in [1.54, 1.807) is 4.90 Å². The van der Waals surface area contributed by atoms with Gasteiger partial charge in [-0.25, -0.2) is 14.2 Å². The quantitative estimate of drug-likeness (QED) is 0.410. The smallest absolute Gasteiger partial charge is 0.410 e. The molecule has 1 amide bonds. The van der Waals surface area contributed by atoms with Crippen LogP contribution < -0.4 is 0 Å². The van der Waals surface area contributed by atoms with Crippen molar-refractivity contribution in [2.45, 2.75) is 57.1 Å². The van der Waals surface area contributed by atoms with Crippen molar-refractivity contribution in [3.05, 3.63) is 107 Å². The molecule has 1 fully saturated rings. The lowest BCUT2D eigenvalue weighted by Gasteiger charge is -2.39. The summed E-state index contributed by atoms with van der Waals surface area (Å²) in [6.07, 6.45) is 0.0370. The summed E-state index contributed by atoms with van der Waals surface area (Å²) in [7, 11) is 0. The zero-order valence-electron chi connectivity index (χ0n) is 23.8. The predicted molar refractivity (Wildman–Crippen MR) is 154 cm³/mol. The van der Waals surface area contributed by atoms with Gasteiger partial charge in [0.25, 0.3) is 6.02 Å². The minimum Gasteiger partial charge on any atom is -0.452 e. The molecule has 0 radical (unpaired) electrons. The molecule has 3 aromatic carbocycles. The highest BCUT2D eigenvalue weighted by Crippen LogP contribution is 2.40. The lowest BCUT2D eigenvalue weighted by molar-refractivity contribution is -0.0668. The fourth-order valence-electron chi connectivity index (χ4n) is 5.92. The number of hydrogen-bond donors (Lipinski definition) is 0. The highest BCUT2D eigenvalue weighted by Gasteiger charge is 2.56. The molecule has 3 aliphatic heterocycles. The first-order valence-corrected chi connectivity index (χ1v) is 14.2. The molecule has 8 heteroatoms. The number of ether oxygens (including phenoxy) is 3. The maximum atomic E-state index is 13.9. The maximum Gasteiger partial charge on any atom is 0.410 e. The van der Waals surface area contributed by atoms with E-state index in [-0.39, 0.29) is 11.9 Å². The average Bonchev–Trinajstić information content (AvgIpc) is 3.55. The molecular weight excluding hydrogens is 521 g/mol. The van der Waals surface area contributed by atoms with E-state index in [0.29, 0.717) is 38.8 Å². The fourth-order valence-corrected chi connectivity index (χ4v) is 5.92. The Bertz CT molecular complexity index is 1420. The van der Waals surface area contributed by atoms with Crippen LogP contribution in [0.2, 0.25) is 0 Å². The Morgan fingerprint density at radius 2 is 1.78 bits per heavy atom. The number of amides is 1. The van der Waals surface area contributed by atoms with Gasteiger partial charge in [0.1, 0.15) is 17.5 Å². The summed E-state index contributed by atoms with van der Waals surface area (Å²) in [4.78, 5) is 21.9. The Hall–Kier alpha value is -3.91. The van der Waals surface area contributed by atoms with E-state index in [1.165, 1.54) is 17.7 Å². The number of likely N-dealkylation sites (tertiary alicyclic amines) is 1. The molecule has 0 N–H and O–H groups in total. The SMILES string of the molecule is CC(C)(C)OC(=O)N1C[C@H](OCc2ccccc2)[C@]2(CN=C(N3CCc4ccccc4[C@@H]3c3ccc(F)cc3)O2)C1. The van der Waals surface area contributed by atoms with Crippen LogP contribution in [0.15, 0.2) is 83.9 Å². The van der Waals surface area contributed by atoms with Crippen molar-refractivity contribution < 1.29 is 23.4 Å². The zero-order valence-corrected chi connectivity index (χ0v) is 23.8. The second-order valence-electron chi connectivity index (χ2n) is 12.0. The van der Waals surface area contributed by atoms with Gasteiger partial charge >= 0.3 is 6.09 Å². The van der Waals surface area contributed by atoms with Crippen molar-refractivity contribution in [3.8, 4) is 0 Å². The highest BCUT2D eigenvalue weighted by atomic mass is 19.1. The topological polar surface area (TPSA) is 63.6 Å². The molecule has 3 atom stereocenters. The van der Waals surface area contributed by atoms with Crippen LogP contribution >= 0.6 is 0 Å². The first-order chi connectivity index (χ1) is 19.7. The number of halogens is 1. The van der Waals surface area contributed by atoms with Crippen molar-refractivity contribution in [1.82, 2.24) is 9.80 Å². The molecule has 0 aliphatic carbocycles. The number of aliphatic imine (C=N–C) groups is 1. The molecule has 1 saturated heterocycles. The summed E-state index contributed by atoms with van der Waals surface area (Å²) < 4.78 is 32.8. The van der Waals surface area contributed by atoms with Gasteiger partial charge in [-0.05, 0) is 61.6 Å². The molecule has 1 spiro atoms. The number of carbonyl (C=O) groups is 1. The minimum absolute atomic E-state index is 0.179. The summed E-state index contributed by atoms with van der Waals surface area (Å²) in [5, 5.41) is 0. The molecule has 3 heterocycles. The Morgan fingerprint density at radius 1 is 1.05 bits per heavy atom. The van der Waals surface area contributed by atoms with Gasteiger partial charge in [0.05, 0.1) is 32.3 Å². The van der Waals surface area contributed by atoms with Gasteiger partial charge in [0.15, 0.2) is 5.60 Å². The van der Waals surface area contributed by atoms with E-state index in [0.717, 1.165) is 23.1 Å². The third kappa shape index (κ3) is 5.66. The number of benzene rings is 3. The highest BCUT2D eigenvalue weighted by molar-refractivity contribution is 5.78. The van der Waals surface area contributed by atoms with Crippen LogP contribution in [0, 0.1) is 5.82 Å². The lowest BCUT2D eigenvalue weighted by atomic mass is 9.88. The monoisotopic (exact) mass is 557 g/mol. The van der Waals surface area contributed by atoms with Crippen molar-refractivity contribution >= 4 is 12.1 Å². The van der Waals surface area contributed by atoms with Crippen LogP contribution in [0.25, 0.3) is 0 Å². The Labute approximate surface area is 240 Å². The summed E-state index contributed by atoms with van der Waals surface area (Å²) >= 11 is 0. The number of carbonyl (C=O) groups excluding carboxylic acids is 1. The molecule has 214 valence electrons. The minimum atomic E-state index is -0.842. The van der Waals surface area contributed by atoms with E-state index in [4.69, 9.17) is 19.2 Å². The van der Waals surface area contributed by atoms with Gasteiger partial charge in [-0.15, -0.1) is 0 Å². The normalized spacial score (nSPS) is 23.8. The third-order valence-electron chi connectivity index (χ3n) is 7.87. The molecule has 0 saturated carbocycles. The fraction of sp³-hybridized carbons (Fsp3) is 0.394. The van der Waals surface area contributed by atoms with E-state index >= 15 is 0 Å². The van der Waals surface area contributed by atoms with Crippen LogP contribution in [0.1, 0.15) is 49.1 Å². The predicted octanol–water partition coefficient (Wildman–Crippen LogP) is 5.73. The van der Waals surface area contributed by atoms with E-state index in [2.05, 4.69) is 17.0 Å². The van der Waals surface area contributed by atoms with Gasteiger partial charge in [-0.2, -0.15) is 0 Å². The Morgan fingerprint density at radius 3 is 2.54 bits per heavy atom. The van der Waals surface area contributed by atoms with Gasteiger partial charge in [-0.1, -0.05) is 66.7 Å². The van der Waals surface area contributed by atoms with Crippen molar-refractivity contribution in [2.75, 3.05) is 26.2 Å². The number of hydrogen-bond acceptors (Lipinski definition) is 6. The Balaban J connectivity index is 1.28. The summed E-state index contributed by atoms with van der Waals surface area (Å²) in [5.74, 6) is -0.274. The van der Waals surface area contributed by atoms with Crippen LogP contribution in [-0.4, -0.2) is 65.4 Å². The second-order valence-corrected chi connectivity index (χ2v) is 12.0. The van der Waals surface area contributed by atoms with E-state index in [1.807, 2.05) is 75.4 Å². The lowest BCUT2D eigenvalue weighted by Crippen LogP contribution is -2.49. The third-order valence-corrected chi connectivity index (χ3v) is 7.87.